The van der Waals surface area contributed by atoms with Gasteiger partial charge in [-0.3, -0.25) is 0 Å². The molecule has 148 valence electrons. The lowest BCUT2D eigenvalue weighted by Crippen LogP contribution is -2.55. The molecule has 0 bridgehead atoms. The summed E-state index contributed by atoms with van der Waals surface area (Å²) in [5.74, 6) is 0. The van der Waals surface area contributed by atoms with E-state index in [1.54, 1.807) is 0 Å². The first-order valence-electron chi connectivity index (χ1n) is 11.2. The van der Waals surface area contributed by atoms with Gasteiger partial charge in [-0.2, -0.15) is 0 Å². The molecule has 2 heteroatoms. The summed E-state index contributed by atoms with van der Waals surface area (Å²) in [7, 11) is 0. The Hall–Kier alpha value is -4.04. The summed E-state index contributed by atoms with van der Waals surface area (Å²) in [6, 6.07) is 44.2. The number of nitrogens with zero attached hydrogens (tertiary/aromatic N) is 1. The minimum Gasteiger partial charge on any atom is -0.310 e. The second kappa shape index (κ2) is 6.73. The topological polar surface area (TPSA) is 4.93 Å². The highest BCUT2D eigenvalue weighted by atomic mass is 15.0. The summed E-state index contributed by atoms with van der Waals surface area (Å²) < 4.78 is 2.48. The molecule has 32 heavy (non-hydrogen) atoms. The van der Waals surface area contributed by atoms with Gasteiger partial charge in [0, 0.05) is 22.0 Å². The number of aromatic nitrogens is 1. The molecule has 1 aliphatic heterocycles. The molecule has 0 radical (unpaired) electrons. The van der Waals surface area contributed by atoms with Gasteiger partial charge in [0.15, 0.2) is 0 Å². The molecule has 1 aromatic heterocycles. The third-order valence-electron chi connectivity index (χ3n) is 6.86. The van der Waals surface area contributed by atoms with Crippen LogP contribution in [0.4, 0.5) is 0 Å². The summed E-state index contributed by atoms with van der Waals surface area (Å²) in [5, 5.41) is 2.64. The van der Waals surface area contributed by atoms with Crippen molar-refractivity contribution >= 4 is 44.9 Å². The zero-order valence-corrected chi connectivity index (χ0v) is 17.6. The molecule has 0 N–H and O–H groups in total. The Morgan fingerprint density at radius 3 is 2.06 bits per heavy atom. The molecule has 0 fully saturated rings. The molecule has 0 spiro atoms. The fourth-order valence-electron chi connectivity index (χ4n) is 5.50. The van der Waals surface area contributed by atoms with E-state index in [-0.39, 0.29) is 6.71 Å². The Morgan fingerprint density at radius 2 is 1.22 bits per heavy atom. The van der Waals surface area contributed by atoms with Crippen molar-refractivity contribution in [3.05, 3.63) is 121 Å². The lowest BCUT2D eigenvalue weighted by Gasteiger charge is -2.26. The zero-order chi connectivity index (χ0) is 21.1. The molecule has 0 aliphatic carbocycles. The summed E-state index contributed by atoms with van der Waals surface area (Å²) in [6.07, 6.45) is 0. The molecule has 2 heterocycles. The largest absolute Gasteiger partial charge is 0.310 e. The van der Waals surface area contributed by atoms with Crippen LogP contribution in [0.3, 0.4) is 0 Å². The van der Waals surface area contributed by atoms with Crippen LogP contribution in [0.1, 0.15) is 0 Å². The molecular formula is C30H20BN. The first kappa shape index (κ1) is 17.6. The maximum absolute atomic E-state index is 2.48. The minimum atomic E-state index is 0.238. The van der Waals surface area contributed by atoms with Crippen LogP contribution >= 0.6 is 0 Å². The molecule has 0 amide bonds. The van der Waals surface area contributed by atoms with Crippen molar-refractivity contribution in [2.24, 2.45) is 0 Å². The summed E-state index contributed by atoms with van der Waals surface area (Å²) in [5.41, 5.74) is 10.5. The lowest BCUT2D eigenvalue weighted by atomic mass is 9.35. The van der Waals surface area contributed by atoms with E-state index in [0.29, 0.717) is 0 Å². The van der Waals surface area contributed by atoms with Gasteiger partial charge in [0.25, 0.3) is 0 Å². The van der Waals surface area contributed by atoms with Crippen LogP contribution in [-0.4, -0.2) is 11.3 Å². The number of fused-ring (bicyclic) bond motifs is 5. The average molecular weight is 405 g/mol. The maximum Gasteiger partial charge on any atom is 0.246 e. The smallest absolute Gasteiger partial charge is 0.246 e. The van der Waals surface area contributed by atoms with Gasteiger partial charge in [-0.25, -0.2) is 0 Å². The number of hydrogen-bond acceptors (Lipinski definition) is 0. The van der Waals surface area contributed by atoms with E-state index in [2.05, 4.69) is 126 Å². The Morgan fingerprint density at radius 1 is 0.500 bits per heavy atom. The van der Waals surface area contributed by atoms with Gasteiger partial charge in [-0.05, 0) is 40.3 Å². The van der Waals surface area contributed by atoms with Crippen LogP contribution in [0.2, 0.25) is 0 Å². The van der Waals surface area contributed by atoms with Crippen LogP contribution in [0.5, 0.6) is 0 Å². The monoisotopic (exact) mass is 405 g/mol. The fourth-order valence-corrected chi connectivity index (χ4v) is 5.50. The molecule has 1 aliphatic rings. The Bertz CT molecular complexity index is 1610. The number of rotatable bonds is 2. The Labute approximate surface area is 187 Å². The number of para-hydroxylation sites is 2. The van der Waals surface area contributed by atoms with Crippen molar-refractivity contribution < 1.29 is 0 Å². The highest BCUT2D eigenvalue weighted by Crippen LogP contribution is 2.35. The standard InChI is InChI=1S/C30H20BN/c1-3-10-21(11-4-1)22-18-19-28-25(20-22)24-14-9-16-27-30(24)32(28)29-17-8-7-15-26(29)31(27)23-12-5-2-6-13-23/h1-20H. The van der Waals surface area contributed by atoms with E-state index in [1.165, 1.54) is 55.0 Å². The highest BCUT2D eigenvalue weighted by molar-refractivity contribution is 6.98. The molecule has 1 nitrogen and oxygen atoms in total. The SMILES string of the molecule is c1ccc(B2c3ccccc3-n3c4ccc(-c5ccccc5)cc4c4cccc2c43)cc1. The second-order valence-corrected chi connectivity index (χ2v) is 8.58. The van der Waals surface area contributed by atoms with Crippen molar-refractivity contribution in [3.63, 3.8) is 0 Å². The van der Waals surface area contributed by atoms with Crippen LogP contribution in [0.25, 0.3) is 38.6 Å². The lowest BCUT2D eigenvalue weighted by molar-refractivity contribution is 1.19. The minimum absolute atomic E-state index is 0.238. The van der Waals surface area contributed by atoms with Gasteiger partial charge in [0.05, 0.1) is 5.52 Å². The van der Waals surface area contributed by atoms with Crippen molar-refractivity contribution in [1.29, 1.82) is 0 Å². The van der Waals surface area contributed by atoms with E-state index in [1.807, 2.05) is 0 Å². The third kappa shape index (κ3) is 2.41. The van der Waals surface area contributed by atoms with E-state index < -0.39 is 0 Å². The molecule has 6 aromatic rings. The van der Waals surface area contributed by atoms with Crippen LogP contribution in [-0.2, 0) is 0 Å². The van der Waals surface area contributed by atoms with E-state index in [9.17, 15) is 0 Å². The molecule has 0 atom stereocenters. The fraction of sp³-hybridized carbons (Fsp3) is 0. The predicted octanol–water partition coefficient (Wildman–Crippen LogP) is 5.28. The molecule has 0 unspecified atom stereocenters. The first-order chi connectivity index (χ1) is 15.9. The summed E-state index contributed by atoms with van der Waals surface area (Å²) in [4.78, 5) is 0. The van der Waals surface area contributed by atoms with E-state index >= 15 is 0 Å². The Balaban J connectivity index is 1.60. The second-order valence-electron chi connectivity index (χ2n) is 8.58. The van der Waals surface area contributed by atoms with Gasteiger partial charge < -0.3 is 4.57 Å². The molecule has 7 rings (SSSR count). The van der Waals surface area contributed by atoms with Crippen LogP contribution in [0, 0.1) is 0 Å². The average Bonchev–Trinajstić information content (AvgIpc) is 3.21. The van der Waals surface area contributed by atoms with Crippen LogP contribution in [0.15, 0.2) is 121 Å². The van der Waals surface area contributed by atoms with Gasteiger partial charge >= 0.3 is 0 Å². The quantitative estimate of drug-likeness (QED) is 0.345. The van der Waals surface area contributed by atoms with E-state index in [4.69, 9.17) is 0 Å². The third-order valence-corrected chi connectivity index (χ3v) is 6.86. The number of hydrogen-bond donors (Lipinski definition) is 0. The van der Waals surface area contributed by atoms with Crippen molar-refractivity contribution in [1.82, 2.24) is 4.57 Å². The molecule has 0 saturated heterocycles. The highest BCUT2D eigenvalue weighted by Gasteiger charge is 2.32. The predicted molar refractivity (Wildman–Crippen MR) is 137 cm³/mol. The van der Waals surface area contributed by atoms with Crippen molar-refractivity contribution in [2.75, 3.05) is 0 Å². The molecular weight excluding hydrogens is 385 g/mol. The zero-order valence-electron chi connectivity index (χ0n) is 17.6. The van der Waals surface area contributed by atoms with Gasteiger partial charge in [-0.15, -0.1) is 0 Å². The van der Waals surface area contributed by atoms with Gasteiger partial charge in [0.2, 0.25) is 6.71 Å². The van der Waals surface area contributed by atoms with Gasteiger partial charge in [0.1, 0.15) is 0 Å². The molecule has 5 aromatic carbocycles. The summed E-state index contributed by atoms with van der Waals surface area (Å²) in [6.45, 7) is 0.238. The van der Waals surface area contributed by atoms with Crippen LogP contribution < -0.4 is 16.4 Å². The molecule has 0 saturated carbocycles. The van der Waals surface area contributed by atoms with Gasteiger partial charge in [-0.1, -0.05) is 109 Å². The summed E-state index contributed by atoms with van der Waals surface area (Å²) >= 11 is 0. The maximum atomic E-state index is 2.48. The Kier molecular flexibility index (Phi) is 3.71. The normalized spacial score (nSPS) is 12.3. The first-order valence-corrected chi connectivity index (χ1v) is 11.2. The number of benzene rings is 5. The van der Waals surface area contributed by atoms with E-state index in [0.717, 1.165) is 0 Å². The van der Waals surface area contributed by atoms with Crippen molar-refractivity contribution in [2.45, 2.75) is 0 Å². The van der Waals surface area contributed by atoms with Crippen molar-refractivity contribution in [3.8, 4) is 16.8 Å².